The predicted molar refractivity (Wildman–Crippen MR) is 90.8 cm³/mol. The summed E-state index contributed by atoms with van der Waals surface area (Å²) < 4.78 is 10.7. The molecule has 0 fully saturated rings. The first-order valence-electron chi connectivity index (χ1n) is 7.89. The Morgan fingerprint density at radius 3 is 2.46 bits per heavy atom. The number of aromatic carboxylic acids is 1. The highest BCUT2D eigenvalue weighted by molar-refractivity contribution is 5.89. The van der Waals surface area contributed by atoms with Gasteiger partial charge in [-0.2, -0.15) is 0 Å². The van der Waals surface area contributed by atoms with Gasteiger partial charge in [-0.05, 0) is 41.3 Å². The number of hydrogen-bond acceptors (Lipinski definition) is 4. The topological polar surface area (TPSA) is 59.0 Å². The van der Waals surface area contributed by atoms with E-state index in [1.54, 1.807) is 26.4 Å². The van der Waals surface area contributed by atoms with Crippen molar-refractivity contribution in [3.63, 3.8) is 0 Å². The second-order valence-corrected chi connectivity index (χ2v) is 5.90. The Labute approximate surface area is 141 Å². The molecule has 1 heterocycles. The first kappa shape index (κ1) is 16.3. The number of hydrogen-bond donors (Lipinski definition) is 1. The summed E-state index contributed by atoms with van der Waals surface area (Å²) in [7, 11) is 3.27. The predicted octanol–water partition coefficient (Wildman–Crippen LogP) is 2.96. The van der Waals surface area contributed by atoms with E-state index in [1.165, 1.54) is 11.1 Å². The molecule has 0 unspecified atom stereocenters. The molecular weight excluding hydrogens is 306 g/mol. The van der Waals surface area contributed by atoms with Gasteiger partial charge in [0.1, 0.15) is 0 Å². The summed E-state index contributed by atoms with van der Waals surface area (Å²) in [5.41, 5.74) is 3.67. The molecule has 3 rings (SSSR count). The van der Waals surface area contributed by atoms with E-state index in [0.717, 1.165) is 36.6 Å². The van der Waals surface area contributed by atoms with Crippen LogP contribution in [0.4, 0.5) is 0 Å². The van der Waals surface area contributed by atoms with Crippen LogP contribution in [0.1, 0.15) is 27.0 Å². The van der Waals surface area contributed by atoms with Gasteiger partial charge in [0.25, 0.3) is 0 Å². The summed E-state index contributed by atoms with van der Waals surface area (Å²) in [5.74, 6) is 0.597. The van der Waals surface area contributed by atoms with E-state index in [2.05, 4.69) is 4.90 Å². The van der Waals surface area contributed by atoms with Crippen LogP contribution in [-0.4, -0.2) is 36.7 Å². The van der Waals surface area contributed by atoms with E-state index in [4.69, 9.17) is 9.47 Å². The maximum atomic E-state index is 11.4. The van der Waals surface area contributed by atoms with Crippen LogP contribution in [0.5, 0.6) is 11.5 Å². The van der Waals surface area contributed by atoms with Crippen molar-refractivity contribution in [3.05, 3.63) is 58.7 Å². The summed E-state index contributed by atoms with van der Waals surface area (Å²) in [5, 5.41) is 9.33. The quantitative estimate of drug-likeness (QED) is 0.915. The lowest BCUT2D eigenvalue weighted by Crippen LogP contribution is -2.30. The van der Waals surface area contributed by atoms with Crippen LogP contribution >= 0.6 is 0 Å². The minimum Gasteiger partial charge on any atom is -0.493 e. The maximum absolute atomic E-state index is 11.4. The van der Waals surface area contributed by atoms with Crippen molar-refractivity contribution in [2.45, 2.75) is 19.5 Å². The molecule has 1 aliphatic heterocycles. The molecule has 1 N–H and O–H groups in total. The Balaban J connectivity index is 1.82. The van der Waals surface area contributed by atoms with Crippen LogP contribution < -0.4 is 9.47 Å². The normalized spacial score (nSPS) is 14.1. The first-order valence-corrected chi connectivity index (χ1v) is 7.89. The maximum Gasteiger partial charge on any atom is 0.336 e. The number of benzene rings is 2. The molecule has 0 amide bonds. The Morgan fingerprint density at radius 1 is 1.12 bits per heavy atom. The summed E-state index contributed by atoms with van der Waals surface area (Å²) in [6, 6.07) is 11.2. The van der Waals surface area contributed by atoms with E-state index >= 15 is 0 Å². The Kier molecular flexibility index (Phi) is 4.71. The number of ether oxygens (including phenoxy) is 2. The SMILES string of the molecule is COc1cc2c(cc1OC)CN(Cc1ccccc1C(=O)O)CC2. The fourth-order valence-corrected chi connectivity index (χ4v) is 3.18. The molecule has 0 saturated heterocycles. The zero-order chi connectivity index (χ0) is 17.1. The van der Waals surface area contributed by atoms with Gasteiger partial charge in [-0.25, -0.2) is 4.79 Å². The molecule has 0 bridgehead atoms. The van der Waals surface area contributed by atoms with Gasteiger partial charge in [-0.15, -0.1) is 0 Å². The second-order valence-electron chi connectivity index (χ2n) is 5.90. The minimum absolute atomic E-state index is 0.371. The number of carboxylic acid groups (broad SMARTS) is 1. The van der Waals surface area contributed by atoms with Crippen molar-refractivity contribution in [1.29, 1.82) is 0 Å². The lowest BCUT2D eigenvalue weighted by atomic mass is 9.97. The van der Waals surface area contributed by atoms with E-state index in [-0.39, 0.29) is 0 Å². The van der Waals surface area contributed by atoms with Gasteiger partial charge in [0, 0.05) is 19.6 Å². The third-order valence-electron chi connectivity index (χ3n) is 4.44. The average molecular weight is 327 g/mol. The summed E-state index contributed by atoms with van der Waals surface area (Å²) in [4.78, 5) is 13.6. The third-order valence-corrected chi connectivity index (χ3v) is 4.44. The number of fused-ring (bicyclic) bond motifs is 1. The van der Waals surface area contributed by atoms with Crippen molar-refractivity contribution in [2.24, 2.45) is 0 Å². The smallest absolute Gasteiger partial charge is 0.336 e. The zero-order valence-corrected chi connectivity index (χ0v) is 13.9. The van der Waals surface area contributed by atoms with Crippen LogP contribution in [0.2, 0.25) is 0 Å². The summed E-state index contributed by atoms with van der Waals surface area (Å²) in [6.45, 7) is 2.27. The summed E-state index contributed by atoms with van der Waals surface area (Å²) >= 11 is 0. The largest absolute Gasteiger partial charge is 0.493 e. The summed E-state index contributed by atoms with van der Waals surface area (Å²) in [6.07, 6.45) is 0.908. The number of rotatable bonds is 5. The van der Waals surface area contributed by atoms with Crippen LogP contribution in [0.15, 0.2) is 36.4 Å². The van der Waals surface area contributed by atoms with Gasteiger partial charge in [-0.3, -0.25) is 4.90 Å². The highest BCUT2D eigenvalue weighted by Crippen LogP contribution is 2.33. The zero-order valence-electron chi connectivity index (χ0n) is 13.9. The average Bonchev–Trinajstić information content (AvgIpc) is 2.60. The molecular formula is C19H21NO4. The number of carboxylic acids is 1. The van der Waals surface area contributed by atoms with Crippen molar-refractivity contribution in [1.82, 2.24) is 4.90 Å². The monoisotopic (exact) mass is 327 g/mol. The third kappa shape index (κ3) is 3.21. The molecule has 2 aromatic carbocycles. The number of methoxy groups -OCH3 is 2. The first-order chi connectivity index (χ1) is 11.6. The van der Waals surface area contributed by atoms with Crippen LogP contribution in [0.25, 0.3) is 0 Å². The molecule has 24 heavy (non-hydrogen) atoms. The van der Waals surface area contributed by atoms with Gasteiger partial charge in [0.2, 0.25) is 0 Å². The molecule has 126 valence electrons. The van der Waals surface area contributed by atoms with Gasteiger partial charge in [0.05, 0.1) is 19.8 Å². The van der Waals surface area contributed by atoms with Gasteiger partial charge >= 0.3 is 5.97 Å². The van der Waals surface area contributed by atoms with Gasteiger partial charge in [-0.1, -0.05) is 18.2 Å². The molecule has 0 spiro atoms. The van der Waals surface area contributed by atoms with E-state index in [1.807, 2.05) is 24.3 Å². The molecule has 0 aliphatic carbocycles. The van der Waals surface area contributed by atoms with E-state index in [9.17, 15) is 9.90 Å². The van der Waals surface area contributed by atoms with Crippen molar-refractivity contribution in [2.75, 3.05) is 20.8 Å². The molecule has 5 nitrogen and oxygen atoms in total. The van der Waals surface area contributed by atoms with Crippen molar-refractivity contribution < 1.29 is 19.4 Å². The van der Waals surface area contributed by atoms with Crippen LogP contribution in [-0.2, 0) is 19.5 Å². The van der Waals surface area contributed by atoms with Crippen LogP contribution in [0, 0.1) is 0 Å². The Morgan fingerprint density at radius 2 is 1.79 bits per heavy atom. The Bertz CT molecular complexity index is 757. The fraction of sp³-hybridized carbons (Fsp3) is 0.316. The second kappa shape index (κ2) is 6.93. The van der Waals surface area contributed by atoms with Crippen molar-refractivity contribution >= 4 is 5.97 Å². The highest BCUT2D eigenvalue weighted by Gasteiger charge is 2.21. The molecule has 0 radical (unpaired) electrons. The lowest BCUT2D eigenvalue weighted by molar-refractivity contribution is 0.0694. The fourth-order valence-electron chi connectivity index (χ4n) is 3.18. The van der Waals surface area contributed by atoms with E-state index < -0.39 is 5.97 Å². The van der Waals surface area contributed by atoms with Crippen LogP contribution in [0.3, 0.4) is 0 Å². The Hall–Kier alpha value is -2.53. The molecule has 0 aromatic heterocycles. The number of carbonyl (C=O) groups is 1. The lowest BCUT2D eigenvalue weighted by Gasteiger charge is -2.30. The van der Waals surface area contributed by atoms with Crippen molar-refractivity contribution in [3.8, 4) is 11.5 Å². The number of nitrogens with zero attached hydrogens (tertiary/aromatic N) is 1. The molecule has 2 aromatic rings. The van der Waals surface area contributed by atoms with Gasteiger partial charge in [0.15, 0.2) is 11.5 Å². The standard InChI is InChI=1S/C19H21NO4/c1-23-17-9-13-7-8-20(12-15(13)10-18(17)24-2)11-14-5-3-4-6-16(14)19(21)22/h3-6,9-10H,7-8,11-12H2,1-2H3,(H,21,22). The molecule has 0 atom stereocenters. The molecule has 1 aliphatic rings. The molecule has 5 heteroatoms. The highest BCUT2D eigenvalue weighted by atomic mass is 16.5. The van der Waals surface area contributed by atoms with Gasteiger partial charge < -0.3 is 14.6 Å². The molecule has 0 saturated carbocycles. The minimum atomic E-state index is -0.880. The van der Waals surface area contributed by atoms with E-state index in [0.29, 0.717) is 12.1 Å².